The molecule has 3 heteroatoms. The van der Waals surface area contributed by atoms with Crippen molar-refractivity contribution in [1.82, 2.24) is 4.98 Å². The first-order valence-electron chi connectivity index (χ1n) is 17.2. The third kappa shape index (κ3) is 7.00. The zero-order valence-corrected chi connectivity index (χ0v) is 28.9. The van der Waals surface area contributed by atoms with Gasteiger partial charge in [0.05, 0.1) is 16.9 Å². The number of hydrogen-bond acceptors (Lipinski definition) is 2. The molecule has 1 saturated carbocycles. The minimum atomic E-state index is -0.606. The second-order valence-electron chi connectivity index (χ2n) is 13.4. The van der Waals surface area contributed by atoms with Crippen molar-refractivity contribution < 1.29 is 9.67 Å². The normalized spacial score (nSPS) is 14.3. The summed E-state index contributed by atoms with van der Waals surface area (Å²) in [5, 5.41) is 10.8. The van der Waals surface area contributed by atoms with Gasteiger partial charge in [-0.2, -0.15) is 4.57 Å². The number of hydrogen-bond donors (Lipinski definition) is 1. The van der Waals surface area contributed by atoms with Gasteiger partial charge in [-0.1, -0.05) is 120 Å². The molecule has 0 atom stereocenters. The summed E-state index contributed by atoms with van der Waals surface area (Å²) in [6.45, 7) is 16.0. The molecule has 0 unspecified atom stereocenters. The van der Waals surface area contributed by atoms with Gasteiger partial charge in [0.15, 0.2) is 12.7 Å². The van der Waals surface area contributed by atoms with Crippen molar-refractivity contribution in [3.05, 3.63) is 131 Å². The lowest BCUT2D eigenvalue weighted by Crippen LogP contribution is -2.31. The molecule has 2 aromatic heterocycles. The molecule has 1 aliphatic carbocycles. The first kappa shape index (κ1) is 33.3. The van der Waals surface area contributed by atoms with E-state index in [4.69, 9.17) is 0 Å². The molecule has 2 aliphatic rings. The highest BCUT2D eigenvalue weighted by molar-refractivity contribution is 5.71. The first-order chi connectivity index (χ1) is 22.2. The van der Waals surface area contributed by atoms with Gasteiger partial charge in [0.25, 0.3) is 0 Å². The predicted molar refractivity (Wildman–Crippen MR) is 193 cm³/mol. The molecule has 238 valence electrons. The summed E-state index contributed by atoms with van der Waals surface area (Å²) in [6.07, 6.45) is 9.27. The lowest BCUT2D eigenvalue weighted by molar-refractivity contribution is -0.672. The van der Waals surface area contributed by atoms with Crippen LogP contribution in [0.1, 0.15) is 94.5 Å². The average molecular weight is 612 g/mol. The second kappa shape index (κ2) is 14.1. The summed E-state index contributed by atoms with van der Waals surface area (Å²) in [5.74, 6) is 0. The Balaban J connectivity index is 0.000000179. The summed E-state index contributed by atoms with van der Waals surface area (Å²) < 4.78 is 2.31. The number of fused-ring (bicyclic) bond motifs is 3. The van der Waals surface area contributed by atoms with Crippen LogP contribution in [0.25, 0.3) is 33.6 Å². The molecular formula is C43H51N2O+. The second-order valence-corrected chi connectivity index (χ2v) is 13.4. The van der Waals surface area contributed by atoms with Gasteiger partial charge in [-0.15, -0.1) is 0 Å². The van der Waals surface area contributed by atoms with Gasteiger partial charge in [0, 0.05) is 29.5 Å². The molecule has 1 aliphatic heterocycles. The van der Waals surface area contributed by atoms with E-state index >= 15 is 0 Å². The Morgan fingerprint density at radius 3 is 2.15 bits per heavy atom. The minimum Gasteiger partial charge on any atom is -0.385 e. The van der Waals surface area contributed by atoms with E-state index in [1.54, 1.807) is 0 Å². The largest absolute Gasteiger partial charge is 0.385 e. The predicted octanol–water partition coefficient (Wildman–Crippen LogP) is 10.5. The summed E-state index contributed by atoms with van der Waals surface area (Å²) in [6, 6.07) is 32.6. The van der Waals surface area contributed by atoms with Crippen LogP contribution in [-0.2, 0) is 17.6 Å². The quantitative estimate of drug-likeness (QED) is 0.197. The van der Waals surface area contributed by atoms with Gasteiger partial charge in [0.1, 0.15) is 0 Å². The molecular weight excluding hydrogens is 560 g/mol. The summed E-state index contributed by atoms with van der Waals surface area (Å²) >= 11 is 0. The SMILES string of the molecule is CC.CCC(C)(C)c1cc(C)ccc1-c1ccc(C)cn1.OC1(c2ccc(-c3cc[n+]4c(c3)-c3ccccc3C4)cc2)CCCC1. The maximum Gasteiger partial charge on any atom is 0.213 e. The maximum atomic E-state index is 10.8. The number of benzene rings is 3. The van der Waals surface area contributed by atoms with E-state index in [2.05, 4.69) is 141 Å². The highest BCUT2D eigenvalue weighted by Gasteiger charge is 2.33. The van der Waals surface area contributed by atoms with Gasteiger partial charge in [-0.3, -0.25) is 4.98 Å². The molecule has 3 heterocycles. The molecule has 46 heavy (non-hydrogen) atoms. The third-order valence-corrected chi connectivity index (χ3v) is 9.83. The van der Waals surface area contributed by atoms with Gasteiger partial charge < -0.3 is 5.11 Å². The van der Waals surface area contributed by atoms with Crippen LogP contribution < -0.4 is 4.57 Å². The van der Waals surface area contributed by atoms with Crippen LogP contribution >= 0.6 is 0 Å². The first-order valence-corrected chi connectivity index (χ1v) is 17.2. The number of aromatic nitrogens is 2. The molecule has 0 saturated heterocycles. The number of rotatable bonds is 5. The van der Waals surface area contributed by atoms with Gasteiger partial charge in [-0.05, 0) is 78.5 Å². The monoisotopic (exact) mass is 611 g/mol. The summed E-state index contributed by atoms with van der Waals surface area (Å²) in [4.78, 5) is 4.59. The molecule has 1 fully saturated rings. The number of aliphatic hydroxyl groups is 1. The molecule has 3 nitrogen and oxygen atoms in total. The van der Waals surface area contributed by atoms with Crippen LogP contribution in [0.5, 0.6) is 0 Å². The fourth-order valence-electron chi connectivity index (χ4n) is 6.65. The molecule has 0 bridgehead atoms. The Labute approximate surface area is 277 Å². The Kier molecular flexibility index (Phi) is 10.2. The standard InChI is InChI=1S/C23H22NO.C18H23N.C2H6/c25-23(12-3-4-13-23)20-9-7-17(8-10-20)18-11-14-24-16-19-5-1-2-6-21(19)22(24)15-18;1-6-18(4,5)16-11-13(2)7-9-15(16)17-10-8-14(3)12-19-17;1-2/h1-2,5-11,14-15,25H,3-4,12-13,16H2;7-12H,6H2,1-5H3;1-2H3/q+1;;. The minimum absolute atomic E-state index is 0.175. The van der Waals surface area contributed by atoms with E-state index in [0.717, 1.165) is 49.9 Å². The molecule has 0 spiro atoms. The smallest absolute Gasteiger partial charge is 0.213 e. The van der Waals surface area contributed by atoms with Crippen LogP contribution in [-0.4, -0.2) is 10.1 Å². The van der Waals surface area contributed by atoms with E-state index in [1.165, 1.54) is 50.2 Å². The third-order valence-electron chi connectivity index (χ3n) is 9.83. The zero-order chi connectivity index (χ0) is 32.9. The number of pyridine rings is 2. The number of nitrogens with zero attached hydrogens (tertiary/aromatic N) is 2. The topological polar surface area (TPSA) is 37.0 Å². The van der Waals surface area contributed by atoms with Gasteiger partial charge in [-0.25, -0.2) is 0 Å². The summed E-state index contributed by atoms with van der Waals surface area (Å²) in [7, 11) is 0. The maximum absolute atomic E-state index is 10.8. The van der Waals surface area contributed by atoms with Crippen molar-refractivity contribution in [2.75, 3.05) is 0 Å². The van der Waals surface area contributed by atoms with E-state index in [9.17, 15) is 5.11 Å². The van der Waals surface area contributed by atoms with Gasteiger partial charge >= 0.3 is 0 Å². The van der Waals surface area contributed by atoms with Crippen molar-refractivity contribution in [2.45, 2.75) is 98.1 Å². The van der Waals surface area contributed by atoms with E-state index in [1.807, 2.05) is 20.0 Å². The Hall–Kier alpha value is -4.08. The van der Waals surface area contributed by atoms with Gasteiger partial charge in [0.2, 0.25) is 5.69 Å². The van der Waals surface area contributed by atoms with Crippen LogP contribution in [0.2, 0.25) is 0 Å². The summed E-state index contributed by atoms with van der Waals surface area (Å²) in [5.41, 5.74) is 13.3. The molecule has 3 aromatic carbocycles. The van der Waals surface area contributed by atoms with Crippen molar-refractivity contribution in [2.24, 2.45) is 0 Å². The van der Waals surface area contributed by atoms with Crippen LogP contribution in [0.15, 0.2) is 103 Å². The lowest BCUT2D eigenvalue weighted by atomic mass is 9.78. The lowest BCUT2D eigenvalue weighted by Gasteiger charge is -2.26. The average Bonchev–Trinajstić information content (AvgIpc) is 3.70. The highest BCUT2D eigenvalue weighted by atomic mass is 16.3. The van der Waals surface area contributed by atoms with Crippen LogP contribution in [0.4, 0.5) is 0 Å². The van der Waals surface area contributed by atoms with Crippen molar-refractivity contribution in [3.63, 3.8) is 0 Å². The van der Waals surface area contributed by atoms with Crippen molar-refractivity contribution in [3.8, 4) is 33.6 Å². The Bertz CT molecular complexity index is 1760. The van der Waals surface area contributed by atoms with Crippen LogP contribution in [0.3, 0.4) is 0 Å². The molecule has 1 N–H and O–H groups in total. The fraction of sp³-hybridized carbons (Fsp3) is 0.349. The van der Waals surface area contributed by atoms with Crippen molar-refractivity contribution in [1.29, 1.82) is 0 Å². The van der Waals surface area contributed by atoms with Crippen LogP contribution in [0, 0.1) is 13.8 Å². The molecule has 0 amide bonds. The Morgan fingerprint density at radius 1 is 0.783 bits per heavy atom. The van der Waals surface area contributed by atoms with E-state index in [0.29, 0.717) is 0 Å². The molecule has 7 rings (SSSR count). The van der Waals surface area contributed by atoms with E-state index in [-0.39, 0.29) is 5.41 Å². The molecule has 0 radical (unpaired) electrons. The number of aryl methyl sites for hydroxylation is 2. The van der Waals surface area contributed by atoms with Crippen molar-refractivity contribution >= 4 is 0 Å². The Morgan fingerprint density at radius 2 is 1.48 bits per heavy atom. The fourth-order valence-corrected chi connectivity index (χ4v) is 6.65. The highest BCUT2D eigenvalue weighted by Crippen LogP contribution is 2.39. The molecule has 5 aromatic rings. The van der Waals surface area contributed by atoms with E-state index < -0.39 is 5.60 Å². The zero-order valence-electron chi connectivity index (χ0n) is 28.9.